The number of aliphatic carboxylic acids is 1. The minimum atomic E-state index is -3.71. The number of benzene rings is 4. The van der Waals surface area contributed by atoms with Gasteiger partial charge in [0.15, 0.2) is 6.61 Å². The van der Waals surface area contributed by atoms with Crippen LogP contribution in [0.5, 0.6) is 5.75 Å². The molecule has 0 amide bonds. The molecular formula is C43H51NO6S. The van der Waals surface area contributed by atoms with E-state index >= 15 is 0 Å². The summed E-state index contributed by atoms with van der Waals surface area (Å²) >= 11 is 0. The molecule has 1 aliphatic heterocycles. The highest BCUT2D eigenvalue weighted by Crippen LogP contribution is 2.50. The molecule has 1 heterocycles. The van der Waals surface area contributed by atoms with Gasteiger partial charge in [0.2, 0.25) is 10.0 Å². The molecule has 0 aliphatic carbocycles. The van der Waals surface area contributed by atoms with Crippen LogP contribution in [0.3, 0.4) is 0 Å². The highest BCUT2D eigenvalue weighted by molar-refractivity contribution is 7.89. The molecule has 1 saturated heterocycles. The van der Waals surface area contributed by atoms with Crippen molar-refractivity contribution in [3.8, 4) is 5.75 Å². The number of rotatable bonds is 14. The van der Waals surface area contributed by atoms with E-state index in [1.807, 2.05) is 79.7 Å². The Morgan fingerprint density at radius 3 is 2.18 bits per heavy atom. The maximum absolute atomic E-state index is 13.5. The van der Waals surface area contributed by atoms with Crippen molar-refractivity contribution in [2.24, 2.45) is 11.8 Å². The van der Waals surface area contributed by atoms with E-state index in [-0.39, 0.29) is 34.8 Å². The number of hydrogen-bond acceptors (Lipinski definition) is 5. The SMILES string of the molecule is C=C(C)[C@@H]1C[C@@H](c2ccc(S(=O)(=O)N(C)Cc3ccccc3)cc2)[C@@H](CC(C)C)O[C@H]1c1cc(C(C)(C)c2ccccc2)ccc1OCC(=O)O. The van der Waals surface area contributed by atoms with Crippen molar-refractivity contribution in [2.75, 3.05) is 13.7 Å². The molecule has 0 aromatic heterocycles. The maximum Gasteiger partial charge on any atom is 0.341 e. The van der Waals surface area contributed by atoms with Gasteiger partial charge in [0, 0.05) is 36.4 Å². The van der Waals surface area contributed by atoms with Gasteiger partial charge in [-0.2, -0.15) is 4.31 Å². The molecule has 4 aromatic rings. The lowest BCUT2D eigenvalue weighted by Gasteiger charge is -2.44. The molecule has 51 heavy (non-hydrogen) atoms. The third kappa shape index (κ3) is 8.80. The first kappa shape index (κ1) is 38.0. The smallest absolute Gasteiger partial charge is 0.341 e. The topological polar surface area (TPSA) is 93.1 Å². The summed E-state index contributed by atoms with van der Waals surface area (Å²) in [6, 6.07) is 33.1. The second kappa shape index (κ2) is 16.0. The summed E-state index contributed by atoms with van der Waals surface area (Å²) in [5.74, 6) is -0.364. The van der Waals surface area contributed by atoms with Crippen molar-refractivity contribution in [1.29, 1.82) is 0 Å². The summed E-state index contributed by atoms with van der Waals surface area (Å²) < 4.78 is 41.5. The summed E-state index contributed by atoms with van der Waals surface area (Å²) in [5.41, 5.74) is 5.56. The number of carboxylic acid groups (broad SMARTS) is 1. The van der Waals surface area contributed by atoms with Crippen LogP contribution in [0.25, 0.3) is 0 Å². The van der Waals surface area contributed by atoms with Crippen LogP contribution in [0.2, 0.25) is 0 Å². The molecule has 7 nitrogen and oxygen atoms in total. The fraction of sp³-hybridized carbons (Fsp3) is 0.372. The van der Waals surface area contributed by atoms with Gasteiger partial charge in [-0.1, -0.05) is 119 Å². The van der Waals surface area contributed by atoms with E-state index in [0.717, 1.165) is 46.2 Å². The summed E-state index contributed by atoms with van der Waals surface area (Å²) in [6.07, 6.45) is 0.892. The van der Waals surface area contributed by atoms with Crippen molar-refractivity contribution >= 4 is 16.0 Å². The van der Waals surface area contributed by atoms with Gasteiger partial charge in [-0.3, -0.25) is 0 Å². The first-order valence-electron chi connectivity index (χ1n) is 17.6. The van der Waals surface area contributed by atoms with E-state index in [2.05, 4.69) is 52.5 Å². The number of nitrogens with zero attached hydrogens (tertiary/aromatic N) is 1. The Kier molecular flexibility index (Phi) is 11.9. The van der Waals surface area contributed by atoms with Gasteiger partial charge < -0.3 is 14.6 Å². The number of ether oxygens (including phenoxy) is 2. The van der Waals surface area contributed by atoms with Crippen molar-refractivity contribution in [1.82, 2.24) is 4.31 Å². The lowest BCUT2D eigenvalue weighted by Crippen LogP contribution is -2.37. The average Bonchev–Trinajstić information content (AvgIpc) is 3.11. The Labute approximate surface area is 304 Å². The molecule has 1 N–H and O–H groups in total. The minimum Gasteiger partial charge on any atom is -0.482 e. The Balaban J connectivity index is 1.50. The predicted molar refractivity (Wildman–Crippen MR) is 202 cm³/mol. The van der Waals surface area contributed by atoms with Crippen molar-refractivity contribution in [3.05, 3.63) is 143 Å². The maximum atomic E-state index is 13.5. The first-order valence-corrected chi connectivity index (χ1v) is 19.1. The number of carbonyl (C=O) groups is 1. The summed E-state index contributed by atoms with van der Waals surface area (Å²) in [4.78, 5) is 11.9. The van der Waals surface area contributed by atoms with Gasteiger partial charge in [-0.05, 0) is 72.2 Å². The molecule has 5 rings (SSSR count). The predicted octanol–water partition coefficient (Wildman–Crippen LogP) is 9.15. The lowest BCUT2D eigenvalue weighted by atomic mass is 9.72. The first-order chi connectivity index (χ1) is 24.2. The van der Waals surface area contributed by atoms with E-state index in [1.54, 1.807) is 19.2 Å². The molecule has 8 heteroatoms. The van der Waals surface area contributed by atoms with E-state index < -0.39 is 28.7 Å². The Morgan fingerprint density at radius 1 is 0.961 bits per heavy atom. The molecule has 0 saturated carbocycles. The number of hydrogen-bond donors (Lipinski definition) is 1. The Morgan fingerprint density at radius 2 is 1.59 bits per heavy atom. The van der Waals surface area contributed by atoms with Gasteiger partial charge in [0.05, 0.1) is 17.1 Å². The van der Waals surface area contributed by atoms with Crippen LogP contribution in [0, 0.1) is 11.8 Å². The molecule has 4 aromatic carbocycles. The summed E-state index contributed by atoms with van der Waals surface area (Å²) in [5, 5.41) is 9.51. The van der Waals surface area contributed by atoms with Crippen LogP contribution in [0.1, 0.15) is 87.3 Å². The van der Waals surface area contributed by atoms with Crippen LogP contribution in [-0.2, 0) is 31.5 Å². The minimum absolute atomic E-state index is 0.0171. The molecule has 0 unspecified atom stereocenters. The normalized spacial score (nSPS) is 19.6. The van der Waals surface area contributed by atoms with Crippen molar-refractivity contribution in [2.45, 2.75) is 82.4 Å². The average molecular weight is 710 g/mol. The summed E-state index contributed by atoms with van der Waals surface area (Å²) in [7, 11) is -2.10. The lowest BCUT2D eigenvalue weighted by molar-refractivity contribution is -0.139. The zero-order chi connectivity index (χ0) is 36.9. The molecule has 4 atom stereocenters. The van der Waals surface area contributed by atoms with Crippen LogP contribution in [0.15, 0.2) is 120 Å². The van der Waals surface area contributed by atoms with Crippen LogP contribution in [-0.4, -0.2) is 43.6 Å². The third-order valence-corrected chi connectivity index (χ3v) is 11.9. The fourth-order valence-electron chi connectivity index (χ4n) is 7.16. The molecule has 1 aliphatic rings. The van der Waals surface area contributed by atoms with Gasteiger partial charge in [-0.25, -0.2) is 13.2 Å². The standard InChI is InChI=1S/C43H51NO6S/c1-29(2)24-40-37(32-18-21-35(22-19-32)51(47,48)44(7)27-31-14-10-8-11-15-31)26-36(30(3)4)42(50-40)38-25-34(20-23-39(38)49-28-41(45)46)43(5,6)33-16-12-9-13-17-33/h8-23,25,29,36-37,40,42H,3,24,26-28H2,1-2,4-7H3,(H,45,46)/t36-,37-,40+,42+/m0/s1. The number of sulfonamides is 1. The molecular weight excluding hydrogens is 659 g/mol. The molecule has 0 spiro atoms. The largest absolute Gasteiger partial charge is 0.482 e. The highest BCUT2D eigenvalue weighted by Gasteiger charge is 2.42. The molecule has 270 valence electrons. The van der Waals surface area contributed by atoms with Gasteiger partial charge in [-0.15, -0.1) is 0 Å². The van der Waals surface area contributed by atoms with Crippen molar-refractivity contribution < 1.29 is 27.8 Å². The zero-order valence-electron chi connectivity index (χ0n) is 30.6. The summed E-state index contributed by atoms with van der Waals surface area (Å²) in [6.45, 7) is 14.9. The quantitative estimate of drug-likeness (QED) is 0.131. The molecule has 0 radical (unpaired) electrons. The second-order valence-corrected chi connectivity index (χ2v) is 16.8. The van der Waals surface area contributed by atoms with E-state index in [1.165, 1.54) is 4.31 Å². The van der Waals surface area contributed by atoms with Crippen LogP contribution < -0.4 is 4.74 Å². The zero-order valence-corrected chi connectivity index (χ0v) is 31.4. The van der Waals surface area contributed by atoms with Crippen molar-refractivity contribution in [3.63, 3.8) is 0 Å². The fourth-order valence-corrected chi connectivity index (χ4v) is 8.32. The van der Waals surface area contributed by atoms with Gasteiger partial charge in [0.1, 0.15) is 5.75 Å². The van der Waals surface area contributed by atoms with E-state index in [9.17, 15) is 18.3 Å². The Hall–Kier alpha value is -4.24. The van der Waals surface area contributed by atoms with Crippen LogP contribution in [0.4, 0.5) is 0 Å². The van der Waals surface area contributed by atoms with Crippen LogP contribution >= 0.6 is 0 Å². The molecule has 1 fully saturated rings. The van der Waals surface area contributed by atoms with E-state index in [0.29, 0.717) is 11.7 Å². The van der Waals surface area contributed by atoms with Gasteiger partial charge in [0.25, 0.3) is 0 Å². The van der Waals surface area contributed by atoms with Gasteiger partial charge >= 0.3 is 5.97 Å². The number of carboxylic acids is 1. The third-order valence-electron chi connectivity index (χ3n) is 10.1. The van der Waals surface area contributed by atoms with E-state index in [4.69, 9.17) is 9.47 Å². The molecule has 0 bridgehead atoms. The highest BCUT2D eigenvalue weighted by atomic mass is 32.2. The Bertz CT molecular complexity index is 1910. The second-order valence-electron chi connectivity index (χ2n) is 14.8. The monoisotopic (exact) mass is 709 g/mol.